The number of para-hydroxylation sites is 1. The first-order chi connectivity index (χ1) is 16.7. The van der Waals surface area contributed by atoms with E-state index in [0.29, 0.717) is 17.5 Å². The maximum Gasteiger partial charge on any atom is 0.153 e. The Bertz CT molecular complexity index is 1380. The number of carbonyl (C=O) groups excluding carboxylic acids is 1. The van der Waals surface area contributed by atoms with E-state index in [0.717, 1.165) is 28.1 Å². The van der Waals surface area contributed by atoms with E-state index in [1.165, 1.54) is 18.2 Å². The van der Waals surface area contributed by atoms with Crippen LogP contribution in [-0.4, -0.2) is 21.4 Å². The molecule has 0 saturated carbocycles. The van der Waals surface area contributed by atoms with E-state index >= 15 is 0 Å². The molecule has 0 bridgehead atoms. The third-order valence-corrected chi connectivity index (χ3v) is 4.99. The predicted octanol–water partition coefficient (Wildman–Crippen LogP) is 6.62. The molecule has 0 amide bonds. The predicted molar refractivity (Wildman–Crippen MR) is 131 cm³/mol. The summed E-state index contributed by atoms with van der Waals surface area (Å²) in [6.45, 7) is 0. The zero-order valence-corrected chi connectivity index (χ0v) is 20.8. The minimum atomic E-state index is -0.268. The second-order valence-corrected chi connectivity index (χ2v) is 7.28. The Hall–Kier alpha value is -3.99. The van der Waals surface area contributed by atoms with Crippen LogP contribution in [0.5, 0.6) is 5.75 Å². The number of halogens is 1. The summed E-state index contributed by atoms with van der Waals surface area (Å²) in [4.78, 5) is 19.5. The van der Waals surface area contributed by atoms with Crippen LogP contribution in [0.1, 0.15) is 10.4 Å². The number of carbonyl (C=O) groups is 1. The molecule has 1 N–H and O–H groups in total. The summed E-state index contributed by atoms with van der Waals surface area (Å²) in [5.74, 6) is -0.233. The van der Waals surface area contributed by atoms with E-state index in [1.54, 1.807) is 36.5 Å². The van der Waals surface area contributed by atoms with Gasteiger partial charge in [-0.15, -0.1) is 35.9 Å². The minimum absolute atomic E-state index is 0. The molecule has 175 valence electrons. The fraction of sp³-hybridized carbons (Fsp3) is 0. The molecule has 0 unspecified atom stereocenters. The standard InChI is InChI=1S/C22H14FN2.C7H6O2.Ir/c23-19-13-11-16(12-14-19)20-15-24-21(17-7-3-1-4-8-17)22(25-20)18-9-5-2-6-10-18;8-5-6-3-1-2-4-7(6)9;/h1-7,9-15H;1-5,9H;/q-1;;. The summed E-state index contributed by atoms with van der Waals surface area (Å²) in [7, 11) is 0. The van der Waals surface area contributed by atoms with Crippen LogP contribution >= 0.6 is 0 Å². The second-order valence-electron chi connectivity index (χ2n) is 7.28. The molecule has 0 aliphatic carbocycles. The molecular weight excluding hydrogens is 620 g/mol. The van der Waals surface area contributed by atoms with Crippen molar-refractivity contribution in [3.8, 4) is 39.5 Å². The topological polar surface area (TPSA) is 63.1 Å². The molecule has 0 aliphatic rings. The van der Waals surface area contributed by atoms with Crippen LogP contribution in [0.3, 0.4) is 0 Å². The molecule has 0 aliphatic heterocycles. The van der Waals surface area contributed by atoms with Crippen LogP contribution in [-0.2, 0) is 20.1 Å². The van der Waals surface area contributed by atoms with Crippen molar-refractivity contribution >= 4 is 6.29 Å². The average Bonchev–Trinajstić information content (AvgIpc) is 2.90. The molecular formula is C29H20FIrN2O2-. The molecule has 6 heteroatoms. The van der Waals surface area contributed by atoms with Gasteiger partial charge in [0.25, 0.3) is 0 Å². The van der Waals surface area contributed by atoms with Crippen LogP contribution in [0.2, 0.25) is 0 Å². The van der Waals surface area contributed by atoms with E-state index in [4.69, 9.17) is 10.1 Å². The molecule has 0 spiro atoms. The third kappa shape index (κ3) is 6.54. The molecule has 4 nitrogen and oxygen atoms in total. The van der Waals surface area contributed by atoms with Gasteiger partial charge in [-0.05, 0) is 42.0 Å². The van der Waals surface area contributed by atoms with Crippen LogP contribution in [0.15, 0.2) is 109 Å². The third-order valence-electron chi connectivity index (χ3n) is 4.99. The molecule has 5 rings (SSSR count). The van der Waals surface area contributed by atoms with Gasteiger partial charge >= 0.3 is 0 Å². The summed E-state index contributed by atoms with van der Waals surface area (Å²) < 4.78 is 13.2. The van der Waals surface area contributed by atoms with Crippen molar-refractivity contribution in [1.29, 1.82) is 0 Å². The molecule has 35 heavy (non-hydrogen) atoms. The van der Waals surface area contributed by atoms with Crippen molar-refractivity contribution < 1.29 is 34.4 Å². The monoisotopic (exact) mass is 640 g/mol. The largest absolute Gasteiger partial charge is 0.507 e. The first-order valence-electron chi connectivity index (χ1n) is 10.5. The molecule has 0 fully saturated rings. The summed E-state index contributed by atoms with van der Waals surface area (Å²) in [6.07, 6.45) is 2.34. The number of phenols is 1. The quantitative estimate of drug-likeness (QED) is 0.178. The van der Waals surface area contributed by atoms with Crippen molar-refractivity contribution in [2.45, 2.75) is 0 Å². The Labute approximate surface area is 216 Å². The average molecular weight is 640 g/mol. The minimum Gasteiger partial charge on any atom is -0.507 e. The Morgan fingerprint density at radius 2 is 1.46 bits per heavy atom. The molecule has 1 radical (unpaired) electrons. The van der Waals surface area contributed by atoms with E-state index in [-0.39, 0.29) is 31.7 Å². The van der Waals surface area contributed by atoms with E-state index in [1.807, 2.05) is 54.6 Å². The number of nitrogens with zero attached hydrogens (tertiary/aromatic N) is 2. The number of aromatic hydroxyl groups is 1. The fourth-order valence-corrected chi connectivity index (χ4v) is 3.27. The SMILES string of the molecule is Fc1ccc(-c2cnc(-c3[c-]cccc3)c(-c3ccccc3)n2)cc1.O=Cc1ccccc1O.[Ir]. The van der Waals surface area contributed by atoms with Crippen LogP contribution in [0.4, 0.5) is 4.39 Å². The number of benzene rings is 4. The molecule has 1 heterocycles. The molecule has 0 atom stereocenters. The van der Waals surface area contributed by atoms with Crippen LogP contribution in [0.25, 0.3) is 33.8 Å². The zero-order valence-electron chi connectivity index (χ0n) is 18.4. The van der Waals surface area contributed by atoms with E-state index in [2.05, 4.69) is 11.1 Å². The number of hydrogen-bond acceptors (Lipinski definition) is 4. The van der Waals surface area contributed by atoms with Crippen molar-refractivity contribution in [1.82, 2.24) is 9.97 Å². The summed E-state index contributed by atoms with van der Waals surface area (Å²) in [5, 5.41) is 8.88. The second kappa shape index (κ2) is 12.5. The Kier molecular flexibility index (Phi) is 9.13. The van der Waals surface area contributed by atoms with Gasteiger partial charge in [-0.25, -0.2) is 4.39 Å². The Morgan fingerprint density at radius 3 is 2.09 bits per heavy atom. The van der Waals surface area contributed by atoms with Crippen molar-refractivity contribution in [3.63, 3.8) is 0 Å². The number of rotatable bonds is 4. The smallest absolute Gasteiger partial charge is 0.153 e. The number of aromatic nitrogens is 2. The normalized spacial score (nSPS) is 9.86. The molecule has 0 saturated heterocycles. The van der Waals surface area contributed by atoms with Crippen molar-refractivity contribution in [3.05, 3.63) is 127 Å². The van der Waals surface area contributed by atoms with Gasteiger partial charge in [0.2, 0.25) is 0 Å². The van der Waals surface area contributed by atoms with E-state index in [9.17, 15) is 9.18 Å². The van der Waals surface area contributed by atoms with Crippen molar-refractivity contribution in [2.75, 3.05) is 0 Å². The number of phenolic OH excluding ortho intramolecular Hbond substituents is 1. The van der Waals surface area contributed by atoms with E-state index < -0.39 is 0 Å². The molecule has 1 aromatic heterocycles. The maximum absolute atomic E-state index is 13.2. The zero-order chi connectivity index (χ0) is 23.8. The van der Waals surface area contributed by atoms with Crippen LogP contribution in [0, 0.1) is 11.9 Å². The Morgan fingerprint density at radius 1 is 0.771 bits per heavy atom. The maximum atomic E-state index is 13.2. The van der Waals surface area contributed by atoms with Gasteiger partial charge in [-0.1, -0.05) is 42.5 Å². The van der Waals surface area contributed by atoms with Gasteiger partial charge < -0.3 is 10.1 Å². The molecule has 5 aromatic rings. The number of hydrogen-bond donors (Lipinski definition) is 1. The van der Waals surface area contributed by atoms with Crippen LogP contribution < -0.4 is 0 Å². The van der Waals surface area contributed by atoms with Gasteiger partial charge in [-0.2, -0.15) is 0 Å². The number of aldehydes is 1. The van der Waals surface area contributed by atoms with Gasteiger partial charge in [0.15, 0.2) is 6.29 Å². The van der Waals surface area contributed by atoms with Gasteiger partial charge in [0.1, 0.15) is 11.6 Å². The van der Waals surface area contributed by atoms with Gasteiger partial charge in [-0.3, -0.25) is 9.78 Å². The summed E-state index contributed by atoms with van der Waals surface area (Å²) >= 11 is 0. The van der Waals surface area contributed by atoms with Gasteiger partial charge in [0, 0.05) is 37.6 Å². The van der Waals surface area contributed by atoms with Gasteiger partial charge in [0.05, 0.1) is 17.0 Å². The van der Waals surface area contributed by atoms with Crippen molar-refractivity contribution in [2.24, 2.45) is 0 Å². The first-order valence-corrected chi connectivity index (χ1v) is 10.5. The Balaban J connectivity index is 0.000000291. The summed E-state index contributed by atoms with van der Waals surface area (Å²) in [5.41, 5.74) is 5.29. The molecule has 4 aromatic carbocycles. The first kappa shape index (κ1) is 25.6. The summed E-state index contributed by atoms with van der Waals surface area (Å²) in [6, 6.07) is 33.5. The fourth-order valence-electron chi connectivity index (χ4n) is 3.27.